The lowest BCUT2D eigenvalue weighted by molar-refractivity contribution is 0.688. The zero-order valence-corrected chi connectivity index (χ0v) is 9.03. The number of nitrogens with one attached hydrogen (secondary N) is 1. The quantitative estimate of drug-likeness (QED) is 0.759. The van der Waals surface area contributed by atoms with Crippen molar-refractivity contribution in [3.63, 3.8) is 0 Å². The lowest BCUT2D eigenvalue weighted by Gasteiger charge is -2.04. The van der Waals surface area contributed by atoms with Gasteiger partial charge in [0.1, 0.15) is 0 Å². The van der Waals surface area contributed by atoms with Crippen LogP contribution in [0.3, 0.4) is 0 Å². The topological polar surface area (TPSA) is 50.9 Å². The Morgan fingerprint density at radius 3 is 3.00 bits per heavy atom. The first kappa shape index (κ1) is 10.5. The molecule has 3 nitrogen and oxygen atoms in total. The second kappa shape index (κ2) is 5.19. The SMILES string of the molecule is CC(C)CNc1nc(CCN)cs1. The maximum atomic E-state index is 5.44. The normalized spacial score (nSPS) is 10.8. The smallest absolute Gasteiger partial charge is 0.182 e. The first-order chi connectivity index (χ1) is 6.22. The molecule has 0 bridgehead atoms. The van der Waals surface area contributed by atoms with Gasteiger partial charge in [0.2, 0.25) is 0 Å². The molecule has 0 aliphatic carbocycles. The highest BCUT2D eigenvalue weighted by molar-refractivity contribution is 7.13. The summed E-state index contributed by atoms with van der Waals surface area (Å²) < 4.78 is 0. The van der Waals surface area contributed by atoms with Crippen molar-refractivity contribution in [3.8, 4) is 0 Å². The monoisotopic (exact) mass is 199 g/mol. The first-order valence-electron chi connectivity index (χ1n) is 4.60. The third-order valence-electron chi connectivity index (χ3n) is 1.61. The molecule has 0 amide bonds. The van der Waals surface area contributed by atoms with Crippen molar-refractivity contribution in [2.24, 2.45) is 11.7 Å². The van der Waals surface area contributed by atoms with Crippen molar-refractivity contribution < 1.29 is 0 Å². The zero-order chi connectivity index (χ0) is 9.68. The fraction of sp³-hybridized carbons (Fsp3) is 0.667. The van der Waals surface area contributed by atoms with E-state index in [-0.39, 0.29) is 0 Å². The third-order valence-corrected chi connectivity index (χ3v) is 2.46. The molecule has 0 spiro atoms. The summed E-state index contributed by atoms with van der Waals surface area (Å²) in [5.74, 6) is 0.654. The fourth-order valence-corrected chi connectivity index (χ4v) is 1.70. The summed E-state index contributed by atoms with van der Waals surface area (Å²) in [4.78, 5) is 4.40. The number of aromatic nitrogens is 1. The lowest BCUT2D eigenvalue weighted by Crippen LogP contribution is -2.08. The molecule has 74 valence electrons. The molecule has 0 aliphatic rings. The molecule has 0 radical (unpaired) electrons. The van der Waals surface area contributed by atoms with Crippen LogP contribution in [0, 0.1) is 5.92 Å². The molecule has 1 aromatic rings. The van der Waals surface area contributed by atoms with E-state index in [1.54, 1.807) is 11.3 Å². The Morgan fingerprint density at radius 2 is 2.38 bits per heavy atom. The summed E-state index contributed by atoms with van der Waals surface area (Å²) in [6.45, 7) is 6.02. The van der Waals surface area contributed by atoms with Crippen molar-refractivity contribution >= 4 is 16.5 Å². The number of nitrogens with two attached hydrogens (primary N) is 1. The molecule has 3 N–H and O–H groups in total. The van der Waals surface area contributed by atoms with E-state index in [1.807, 2.05) is 0 Å². The van der Waals surface area contributed by atoms with Crippen molar-refractivity contribution in [3.05, 3.63) is 11.1 Å². The van der Waals surface area contributed by atoms with E-state index < -0.39 is 0 Å². The molecule has 4 heteroatoms. The van der Waals surface area contributed by atoms with Gasteiger partial charge >= 0.3 is 0 Å². The molecule has 0 unspecified atom stereocenters. The molecule has 13 heavy (non-hydrogen) atoms. The van der Waals surface area contributed by atoms with E-state index in [9.17, 15) is 0 Å². The van der Waals surface area contributed by atoms with Crippen LogP contribution in [-0.4, -0.2) is 18.1 Å². The van der Waals surface area contributed by atoms with Crippen LogP contribution in [0.1, 0.15) is 19.5 Å². The van der Waals surface area contributed by atoms with E-state index in [0.717, 1.165) is 23.8 Å². The number of hydrogen-bond acceptors (Lipinski definition) is 4. The van der Waals surface area contributed by atoms with Gasteiger partial charge in [-0.05, 0) is 12.5 Å². The molecular formula is C9H17N3S. The minimum atomic E-state index is 0.654. The first-order valence-corrected chi connectivity index (χ1v) is 5.48. The van der Waals surface area contributed by atoms with Crippen LogP contribution >= 0.6 is 11.3 Å². The maximum absolute atomic E-state index is 5.44. The Morgan fingerprint density at radius 1 is 1.62 bits per heavy atom. The molecule has 0 aromatic carbocycles. The summed E-state index contributed by atoms with van der Waals surface area (Å²) in [5.41, 5.74) is 6.53. The molecule has 0 atom stereocenters. The van der Waals surface area contributed by atoms with Crippen LogP contribution in [0.5, 0.6) is 0 Å². The third kappa shape index (κ3) is 3.74. The van der Waals surface area contributed by atoms with E-state index in [2.05, 4.69) is 29.5 Å². The van der Waals surface area contributed by atoms with Gasteiger partial charge in [-0.3, -0.25) is 0 Å². The number of anilines is 1. The van der Waals surface area contributed by atoms with Crippen molar-refractivity contribution in [2.45, 2.75) is 20.3 Å². The summed E-state index contributed by atoms with van der Waals surface area (Å²) in [7, 11) is 0. The standard InChI is InChI=1S/C9H17N3S/c1-7(2)5-11-9-12-8(3-4-10)6-13-9/h6-7H,3-5,10H2,1-2H3,(H,11,12). The van der Waals surface area contributed by atoms with Crippen LogP contribution in [0.25, 0.3) is 0 Å². The van der Waals surface area contributed by atoms with Crippen LogP contribution in [0.2, 0.25) is 0 Å². The summed E-state index contributed by atoms with van der Waals surface area (Å²) in [5, 5.41) is 6.37. The number of nitrogens with zero attached hydrogens (tertiary/aromatic N) is 1. The van der Waals surface area contributed by atoms with Crippen molar-refractivity contribution in [1.29, 1.82) is 0 Å². The second-order valence-corrected chi connectivity index (χ2v) is 4.32. The molecule has 1 rings (SSSR count). The minimum absolute atomic E-state index is 0.654. The van der Waals surface area contributed by atoms with Crippen LogP contribution in [0.15, 0.2) is 5.38 Å². The Kier molecular flexibility index (Phi) is 4.18. The second-order valence-electron chi connectivity index (χ2n) is 3.46. The highest BCUT2D eigenvalue weighted by Crippen LogP contribution is 2.15. The highest BCUT2D eigenvalue weighted by Gasteiger charge is 2.00. The summed E-state index contributed by atoms with van der Waals surface area (Å²) >= 11 is 1.65. The Balaban J connectivity index is 2.39. The molecule has 0 saturated heterocycles. The Hall–Kier alpha value is -0.610. The average molecular weight is 199 g/mol. The van der Waals surface area contributed by atoms with E-state index >= 15 is 0 Å². The minimum Gasteiger partial charge on any atom is -0.361 e. The van der Waals surface area contributed by atoms with Gasteiger partial charge < -0.3 is 11.1 Å². The number of thiazole rings is 1. The number of rotatable bonds is 5. The summed E-state index contributed by atoms with van der Waals surface area (Å²) in [6.07, 6.45) is 0.875. The summed E-state index contributed by atoms with van der Waals surface area (Å²) in [6, 6.07) is 0. The van der Waals surface area contributed by atoms with Gasteiger partial charge in [0, 0.05) is 18.3 Å². The predicted octanol–water partition coefficient (Wildman–Crippen LogP) is 1.71. The fourth-order valence-electron chi connectivity index (χ4n) is 0.942. The molecule has 1 aromatic heterocycles. The largest absolute Gasteiger partial charge is 0.361 e. The van der Waals surface area contributed by atoms with Gasteiger partial charge in [-0.2, -0.15) is 0 Å². The molecular weight excluding hydrogens is 182 g/mol. The molecule has 0 aliphatic heterocycles. The van der Waals surface area contributed by atoms with Gasteiger partial charge in [0.25, 0.3) is 0 Å². The van der Waals surface area contributed by atoms with Gasteiger partial charge in [-0.1, -0.05) is 13.8 Å². The van der Waals surface area contributed by atoms with Crippen molar-refractivity contribution in [1.82, 2.24) is 4.98 Å². The molecule has 1 heterocycles. The van der Waals surface area contributed by atoms with Gasteiger partial charge in [-0.15, -0.1) is 11.3 Å². The van der Waals surface area contributed by atoms with Gasteiger partial charge in [0.15, 0.2) is 5.13 Å². The van der Waals surface area contributed by atoms with Gasteiger partial charge in [0.05, 0.1) is 5.69 Å². The van der Waals surface area contributed by atoms with E-state index in [1.165, 1.54) is 0 Å². The van der Waals surface area contributed by atoms with Gasteiger partial charge in [-0.25, -0.2) is 4.98 Å². The van der Waals surface area contributed by atoms with Crippen LogP contribution < -0.4 is 11.1 Å². The van der Waals surface area contributed by atoms with E-state index in [0.29, 0.717) is 12.5 Å². The van der Waals surface area contributed by atoms with Crippen LogP contribution in [0.4, 0.5) is 5.13 Å². The van der Waals surface area contributed by atoms with Crippen LogP contribution in [-0.2, 0) is 6.42 Å². The number of hydrogen-bond donors (Lipinski definition) is 2. The zero-order valence-electron chi connectivity index (χ0n) is 8.21. The molecule has 0 fully saturated rings. The molecule has 0 saturated carbocycles. The maximum Gasteiger partial charge on any atom is 0.182 e. The lowest BCUT2D eigenvalue weighted by atomic mass is 10.2. The predicted molar refractivity (Wildman–Crippen MR) is 58.2 cm³/mol. The highest BCUT2D eigenvalue weighted by atomic mass is 32.1. The Bertz CT molecular complexity index is 245. The Labute approximate surface area is 83.4 Å². The van der Waals surface area contributed by atoms with Crippen molar-refractivity contribution in [2.75, 3.05) is 18.4 Å². The van der Waals surface area contributed by atoms with E-state index in [4.69, 9.17) is 5.73 Å². The average Bonchev–Trinajstić information content (AvgIpc) is 2.50.